The second-order valence-corrected chi connectivity index (χ2v) is 34.9. The lowest BCUT2D eigenvalue weighted by molar-refractivity contribution is -0.155. The Bertz CT molecular complexity index is 2590. The Morgan fingerprint density at radius 3 is 1.37 bits per heavy atom. The number of nitrogens with one attached hydrogen (secondary N) is 5. The number of hydrogen-bond acceptors (Lipinski definition) is 14. The van der Waals surface area contributed by atoms with Crippen molar-refractivity contribution in [2.75, 3.05) is 55.4 Å². The van der Waals surface area contributed by atoms with E-state index in [0.29, 0.717) is 0 Å². The molecule has 0 saturated carbocycles. The molecule has 0 bridgehead atoms. The van der Waals surface area contributed by atoms with Gasteiger partial charge in [-0.1, -0.05) is 116 Å². The van der Waals surface area contributed by atoms with Crippen molar-refractivity contribution >= 4 is 73.3 Å². The minimum Gasteiger partial charge on any atom is -0.412 e. The van der Waals surface area contributed by atoms with Gasteiger partial charge >= 0.3 is 0 Å². The van der Waals surface area contributed by atoms with Crippen LogP contribution in [0.5, 0.6) is 0 Å². The van der Waals surface area contributed by atoms with Gasteiger partial charge in [0.05, 0.1) is 18.8 Å². The Balaban J connectivity index is 4.57. The Labute approximate surface area is 564 Å². The van der Waals surface area contributed by atoms with E-state index < -0.39 is 175 Å². The molecule has 1 rings (SSSR count). The van der Waals surface area contributed by atoms with Crippen molar-refractivity contribution in [3.8, 4) is 0 Å². The maximum absolute atomic E-state index is 15.4. The minimum absolute atomic E-state index is 0.0564. The molecule has 7 N–H and O–H groups in total. The Kier molecular flexibility index (Phi) is 34.8. The largest absolute Gasteiger partial charge is 0.412 e. The number of hydrogen-bond donors (Lipinski definition) is 7. The molecule has 11 amide bonds. The van der Waals surface area contributed by atoms with E-state index in [4.69, 9.17) is 4.43 Å². The molecule has 540 valence electrons. The third-order valence-electron chi connectivity index (χ3n) is 18.3. The first-order valence-corrected chi connectivity index (χ1v) is 36.7. The summed E-state index contributed by atoms with van der Waals surface area (Å²) in [5.41, 5.74) is 0. The Morgan fingerprint density at radius 2 is 0.936 bits per heavy atom. The molecule has 0 aromatic heterocycles. The van der Waals surface area contributed by atoms with Gasteiger partial charge < -0.3 is 70.6 Å². The molecule has 26 heteroatoms. The molecule has 0 radical (unpaired) electrons. The van der Waals surface area contributed by atoms with Crippen molar-refractivity contribution in [2.45, 2.75) is 261 Å². The first-order chi connectivity index (χ1) is 43.1. The van der Waals surface area contributed by atoms with Crippen LogP contribution in [-0.2, 0) is 57.2 Å². The predicted octanol–water partition coefficient (Wildman–Crippen LogP) is 4.29. The average molecular weight is 1350 g/mol. The van der Waals surface area contributed by atoms with Crippen molar-refractivity contribution in [3.63, 3.8) is 0 Å². The number of aliphatic hydroxyl groups is 2. The van der Waals surface area contributed by atoms with Crippen molar-refractivity contribution in [1.82, 2.24) is 56.0 Å². The summed E-state index contributed by atoms with van der Waals surface area (Å²) in [6, 6.07) is -13.3. The monoisotopic (exact) mass is 1350 g/mol. The van der Waals surface area contributed by atoms with Crippen molar-refractivity contribution < 1.29 is 67.4 Å². The quantitative estimate of drug-likeness (QED) is 0.0701. The topological polar surface area (TPSA) is 317 Å². The first kappa shape index (κ1) is 86.0. The summed E-state index contributed by atoms with van der Waals surface area (Å²) in [4.78, 5) is 170. The van der Waals surface area contributed by atoms with Gasteiger partial charge in [0.15, 0.2) is 8.32 Å². The van der Waals surface area contributed by atoms with Gasteiger partial charge in [0.25, 0.3) is 0 Å². The molecule has 0 aromatic carbocycles. The predicted molar refractivity (Wildman–Crippen MR) is 367 cm³/mol. The van der Waals surface area contributed by atoms with Crippen molar-refractivity contribution in [3.05, 3.63) is 12.2 Å². The number of carbonyl (C=O) groups is 11. The van der Waals surface area contributed by atoms with E-state index in [1.165, 1.54) is 70.8 Å². The lowest BCUT2D eigenvalue weighted by Gasteiger charge is -2.42. The van der Waals surface area contributed by atoms with E-state index in [1.807, 2.05) is 89.3 Å². The zero-order chi connectivity index (χ0) is 73.1. The van der Waals surface area contributed by atoms with Crippen LogP contribution in [0.4, 0.5) is 0 Å². The lowest BCUT2D eigenvalue weighted by atomic mass is 9.91. The van der Waals surface area contributed by atoms with Gasteiger partial charge in [0.1, 0.15) is 60.4 Å². The maximum atomic E-state index is 15.4. The molecule has 0 unspecified atom stereocenters. The molecular formula is C68H125N11O14Si. The smallest absolute Gasteiger partial charge is 0.248 e. The fourth-order valence-corrected chi connectivity index (χ4v) is 12.8. The van der Waals surface area contributed by atoms with Crippen molar-refractivity contribution in [2.24, 2.45) is 41.4 Å². The highest BCUT2D eigenvalue weighted by molar-refractivity contribution is 6.74. The molecule has 1 saturated heterocycles. The van der Waals surface area contributed by atoms with Crippen LogP contribution in [0, 0.1) is 41.4 Å². The van der Waals surface area contributed by atoms with Crippen LogP contribution in [0.15, 0.2) is 12.2 Å². The summed E-state index contributed by atoms with van der Waals surface area (Å²) < 4.78 is 6.80. The van der Waals surface area contributed by atoms with Crippen LogP contribution in [0.1, 0.15) is 170 Å². The molecule has 1 aliphatic heterocycles. The Morgan fingerprint density at radius 1 is 0.521 bits per heavy atom. The molecule has 0 aliphatic carbocycles. The van der Waals surface area contributed by atoms with Crippen LogP contribution in [0.2, 0.25) is 18.1 Å². The second kappa shape index (κ2) is 38.1. The number of amides is 11. The molecule has 1 fully saturated rings. The molecule has 1 heterocycles. The zero-order valence-corrected chi connectivity index (χ0v) is 63.3. The van der Waals surface area contributed by atoms with Gasteiger partial charge in [0, 0.05) is 48.9 Å². The normalized spacial score (nSPS) is 26.4. The van der Waals surface area contributed by atoms with Gasteiger partial charge in [-0.05, 0) is 126 Å². The summed E-state index contributed by atoms with van der Waals surface area (Å²) >= 11 is 0. The van der Waals surface area contributed by atoms with Crippen molar-refractivity contribution in [1.29, 1.82) is 0 Å². The van der Waals surface area contributed by atoms with Crippen LogP contribution < -0.4 is 26.6 Å². The summed E-state index contributed by atoms with van der Waals surface area (Å²) in [5, 5.41) is 36.2. The highest BCUT2D eigenvalue weighted by Gasteiger charge is 2.47. The van der Waals surface area contributed by atoms with Gasteiger partial charge in [-0.15, -0.1) is 0 Å². The van der Waals surface area contributed by atoms with E-state index in [9.17, 15) is 43.8 Å². The van der Waals surface area contributed by atoms with Gasteiger partial charge in [0.2, 0.25) is 65.0 Å². The summed E-state index contributed by atoms with van der Waals surface area (Å²) in [7, 11) is 5.53. The van der Waals surface area contributed by atoms with E-state index in [1.54, 1.807) is 53.7 Å². The number of aliphatic hydroxyl groups excluding tert-OH is 2. The number of likely N-dealkylation sites (N-methyl/N-ethyl adjacent to an activating group) is 6. The van der Waals surface area contributed by atoms with Gasteiger partial charge in [-0.3, -0.25) is 52.7 Å². The second-order valence-electron chi connectivity index (χ2n) is 30.1. The van der Waals surface area contributed by atoms with Crippen LogP contribution >= 0.6 is 0 Å². The maximum Gasteiger partial charge on any atom is 0.248 e. The van der Waals surface area contributed by atoms with Crippen LogP contribution in [0.3, 0.4) is 0 Å². The lowest BCUT2D eigenvalue weighted by Crippen LogP contribution is -2.65. The van der Waals surface area contributed by atoms with E-state index in [-0.39, 0.29) is 68.8 Å². The highest BCUT2D eigenvalue weighted by atomic mass is 28.4. The number of nitrogens with zero attached hydrogens (tertiary/aromatic N) is 6. The highest BCUT2D eigenvalue weighted by Crippen LogP contribution is 2.38. The standard InChI is InChI=1S/C68H125N11O14Si/c1-28-29-30-44(13)57(82)56-62(87)73-54(47(16)93-94(26,27)68(17,18)19)66(91)74(20)36-53(81)75(21)50(33-40(6)7)60(85)71-48(31-38(2)3)64(89)77(23)51(34-41(8)9)59(84)69-45(14)58(83)70-46(15)63(88)76(22)52(35-43(12)37-80)61(86)72-49(32-39(4)5)65(90)78(24)55(42(10)11)67(92)79(56)25/h28-29,38-52,54-57,80,82H,30-37H2,1-27H3,(H,69,84)(H,70,83)(H,71,85)(H,72,86)(H,73,87)/t43-,44+,45-,46+,47+,48-,49-,50-,51-,52-,54-,55-,56-,57+/m0/s1. The fourth-order valence-electron chi connectivity index (χ4n) is 11.3. The van der Waals surface area contributed by atoms with Gasteiger partial charge in [-0.25, -0.2) is 0 Å². The SMILES string of the molecule is CC=CC[C@@H](C)[C@@H](O)[C@H]1C(=O)N[C@@H]([C@@H](C)O[Si](C)(C)C(C)(C)C)C(=O)N(C)CC(=O)N(C)[C@@H](CC(C)C)C(=O)N[C@@H](CC(C)C)C(=O)N(C)[C@@H](CC(C)C)C(=O)N[C@@H](C)C(=O)N[C@H](C)C(=O)N(C)[C@@H](C[C@H](C)CO)C(=O)N[C@@H](CC(C)C)C(=O)N(C)[C@@H](C(C)C)C(=O)N1C. The molecule has 25 nitrogen and oxygen atoms in total. The molecule has 14 atom stereocenters. The fraction of sp³-hybridized carbons (Fsp3) is 0.809. The summed E-state index contributed by atoms with van der Waals surface area (Å²) in [6.07, 6.45) is 1.53. The first-order valence-electron chi connectivity index (χ1n) is 33.8. The molecule has 0 spiro atoms. The summed E-state index contributed by atoms with van der Waals surface area (Å²) in [5.74, 6) is -10.8. The van der Waals surface area contributed by atoms with Crippen LogP contribution in [0.25, 0.3) is 0 Å². The zero-order valence-electron chi connectivity index (χ0n) is 62.3. The van der Waals surface area contributed by atoms with Crippen LogP contribution in [-0.4, -0.2) is 241 Å². The third kappa shape index (κ3) is 24.9. The number of rotatable bonds is 19. The average Bonchev–Trinajstić information content (AvgIpc) is 0.814. The van der Waals surface area contributed by atoms with Gasteiger partial charge in [-0.2, -0.15) is 0 Å². The number of carbonyl (C=O) groups excluding carboxylic acids is 11. The molecule has 94 heavy (non-hydrogen) atoms. The summed E-state index contributed by atoms with van der Waals surface area (Å²) in [6.45, 7) is 36.7. The Hall–Kier alpha value is -5.99. The van der Waals surface area contributed by atoms with E-state index in [0.717, 1.165) is 14.7 Å². The molecule has 0 aromatic rings. The minimum atomic E-state index is -2.77. The van der Waals surface area contributed by atoms with E-state index >= 15 is 19.2 Å². The third-order valence-corrected chi connectivity index (χ3v) is 22.8. The van der Waals surface area contributed by atoms with E-state index in [2.05, 4.69) is 26.6 Å². The molecular weight excluding hydrogens is 1220 g/mol. The molecule has 1 aliphatic rings. The number of allylic oxidation sites excluding steroid dienone is 2.